The Morgan fingerprint density at radius 1 is 0.547 bits per heavy atom. The Morgan fingerprint density at radius 2 is 0.962 bits per heavy atom. The molecule has 0 radical (unpaired) electrons. The fourth-order valence-electron chi connectivity index (χ4n) is 6.23. The van der Waals surface area contributed by atoms with Crippen LogP contribution in [0.15, 0.2) is 60.8 Å². The Balaban J connectivity index is 4.05. The summed E-state index contributed by atoms with van der Waals surface area (Å²) >= 11 is 0. The number of hydrogen-bond donors (Lipinski definition) is 4. The molecule has 0 fully saturated rings. The number of rotatable bonds is 38. The summed E-state index contributed by atoms with van der Waals surface area (Å²) in [6.45, 7) is 4.40. The van der Waals surface area contributed by atoms with Crippen molar-refractivity contribution >= 4 is 16.0 Å². The summed E-state index contributed by atoms with van der Waals surface area (Å²) in [4.78, 5) is 12.6. The van der Waals surface area contributed by atoms with Gasteiger partial charge < -0.3 is 15.5 Å². The van der Waals surface area contributed by atoms with Gasteiger partial charge in [0.1, 0.15) is 6.10 Å². The predicted molar refractivity (Wildman–Crippen MR) is 227 cm³/mol. The number of amides is 1. The molecule has 3 unspecified atom stereocenters. The molecule has 0 aliphatic rings. The van der Waals surface area contributed by atoms with Gasteiger partial charge in [0.2, 0.25) is 5.91 Å². The first-order valence-corrected chi connectivity index (χ1v) is 23.2. The SMILES string of the molecule is CC/C=C\C/C=C\CCCCCCCCCCCCCCCC(O)C(=O)NC(CS(=O)(=O)O)C(O)/C=C/CC/C=C/CC/C=C/CCCCCCCC. The summed E-state index contributed by atoms with van der Waals surface area (Å²) in [6.07, 6.45) is 49.9. The Hall–Kier alpha value is -2.00. The number of allylic oxidation sites excluding steroid dienone is 9. The maximum atomic E-state index is 12.6. The molecule has 0 aromatic carbocycles. The zero-order valence-electron chi connectivity index (χ0n) is 34.0. The summed E-state index contributed by atoms with van der Waals surface area (Å²) in [5.74, 6) is -1.57. The van der Waals surface area contributed by atoms with Gasteiger partial charge in [0.05, 0.1) is 17.9 Å². The highest BCUT2D eigenvalue weighted by atomic mass is 32.2. The van der Waals surface area contributed by atoms with Crippen LogP contribution in [0.4, 0.5) is 0 Å². The molecule has 4 N–H and O–H groups in total. The quantitative estimate of drug-likeness (QED) is 0.0282. The lowest BCUT2D eigenvalue weighted by atomic mass is 10.0. The first-order chi connectivity index (χ1) is 25.7. The molecule has 0 aliphatic carbocycles. The molecule has 0 spiro atoms. The highest BCUT2D eigenvalue weighted by molar-refractivity contribution is 7.85. The fraction of sp³-hybridized carbons (Fsp3) is 0.756. The molecular formula is C45H81NO6S. The molecule has 3 atom stereocenters. The summed E-state index contributed by atoms with van der Waals surface area (Å²) in [7, 11) is -4.46. The van der Waals surface area contributed by atoms with E-state index in [0.29, 0.717) is 12.8 Å². The smallest absolute Gasteiger partial charge is 0.267 e. The number of nitrogens with one attached hydrogen (secondary N) is 1. The van der Waals surface area contributed by atoms with Crippen molar-refractivity contribution in [1.82, 2.24) is 5.32 Å². The van der Waals surface area contributed by atoms with Gasteiger partial charge in [-0.1, -0.05) is 184 Å². The van der Waals surface area contributed by atoms with E-state index in [-0.39, 0.29) is 6.42 Å². The van der Waals surface area contributed by atoms with E-state index in [2.05, 4.69) is 67.8 Å². The average molecular weight is 764 g/mol. The second-order valence-electron chi connectivity index (χ2n) is 14.7. The molecule has 0 aromatic heterocycles. The first kappa shape index (κ1) is 51.0. The van der Waals surface area contributed by atoms with E-state index < -0.39 is 40.0 Å². The van der Waals surface area contributed by atoms with Gasteiger partial charge in [0.25, 0.3) is 10.1 Å². The molecule has 308 valence electrons. The van der Waals surface area contributed by atoms with Gasteiger partial charge in [0, 0.05) is 0 Å². The molecule has 0 saturated carbocycles. The van der Waals surface area contributed by atoms with E-state index in [1.807, 2.05) is 0 Å². The van der Waals surface area contributed by atoms with E-state index >= 15 is 0 Å². The molecule has 7 nitrogen and oxygen atoms in total. The van der Waals surface area contributed by atoms with Gasteiger partial charge >= 0.3 is 0 Å². The van der Waals surface area contributed by atoms with Gasteiger partial charge in [-0.3, -0.25) is 9.35 Å². The van der Waals surface area contributed by atoms with E-state index in [1.54, 1.807) is 6.08 Å². The highest BCUT2D eigenvalue weighted by Crippen LogP contribution is 2.15. The third kappa shape index (κ3) is 38.1. The number of hydrogen-bond acceptors (Lipinski definition) is 5. The van der Waals surface area contributed by atoms with Crippen LogP contribution in [-0.4, -0.2) is 53.1 Å². The minimum Gasteiger partial charge on any atom is -0.387 e. The normalized spacial score (nSPS) is 14.4. The van der Waals surface area contributed by atoms with Crippen LogP contribution >= 0.6 is 0 Å². The van der Waals surface area contributed by atoms with Crippen molar-refractivity contribution in [3.63, 3.8) is 0 Å². The van der Waals surface area contributed by atoms with Crippen LogP contribution in [0.1, 0.15) is 194 Å². The largest absolute Gasteiger partial charge is 0.387 e. The molecule has 0 heterocycles. The van der Waals surface area contributed by atoms with Crippen molar-refractivity contribution in [1.29, 1.82) is 0 Å². The van der Waals surface area contributed by atoms with Gasteiger partial charge in [-0.25, -0.2) is 0 Å². The molecule has 1 amide bonds. The molecule has 0 aromatic rings. The average Bonchev–Trinajstić information content (AvgIpc) is 3.12. The Labute approximate surface area is 326 Å². The number of carbonyl (C=O) groups is 1. The maximum absolute atomic E-state index is 12.6. The fourth-order valence-corrected chi connectivity index (χ4v) is 6.97. The Bertz CT molecular complexity index is 1080. The molecule has 8 heteroatoms. The molecule has 0 aliphatic heterocycles. The van der Waals surface area contributed by atoms with Crippen molar-refractivity contribution in [2.75, 3.05) is 5.75 Å². The van der Waals surface area contributed by atoms with Gasteiger partial charge in [-0.05, 0) is 70.6 Å². The lowest BCUT2D eigenvalue weighted by Gasteiger charge is -2.22. The first-order valence-electron chi connectivity index (χ1n) is 21.6. The summed E-state index contributed by atoms with van der Waals surface area (Å²) < 4.78 is 32.5. The minimum atomic E-state index is -4.46. The van der Waals surface area contributed by atoms with Crippen molar-refractivity contribution in [2.45, 2.75) is 212 Å². The van der Waals surface area contributed by atoms with Crippen LogP contribution in [0.3, 0.4) is 0 Å². The van der Waals surface area contributed by atoms with Gasteiger partial charge in [0.15, 0.2) is 0 Å². The maximum Gasteiger partial charge on any atom is 0.267 e. The number of aliphatic hydroxyl groups is 2. The summed E-state index contributed by atoms with van der Waals surface area (Å²) in [5.41, 5.74) is 0. The topological polar surface area (TPSA) is 124 Å². The highest BCUT2D eigenvalue weighted by Gasteiger charge is 2.27. The van der Waals surface area contributed by atoms with Crippen molar-refractivity contribution in [3.05, 3.63) is 60.8 Å². The lowest BCUT2D eigenvalue weighted by Crippen LogP contribution is -2.50. The Kier molecular flexibility index (Phi) is 36.8. The van der Waals surface area contributed by atoms with E-state index in [1.165, 1.54) is 109 Å². The second kappa shape index (κ2) is 38.3. The third-order valence-electron chi connectivity index (χ3n) is 9.51. The van der Waals surface area contributed by atoms with Crippen LogP contribution in [-0.2, 0) is 14.9 Å². The standard InChI is InChI=1S/C45H81NO6S/c1-3-5-7-9-11-13-15-17-19-21-22-23-24-26-28-30-32-34-36-38-40-44(48)45(49)46-42(41-53(50,51)52)43(47)39-37-35-33-31-29-27-25-20-18-16-14-12-10-8-6-4-2/h5,7,11,13,18,20,29,31,37,39,42-44,47-48H,3-4,6,8-10,12,14-17,19,21-28,30,32-36,38,40-41H2,1-2H3,(H,46,49)(H,50,51,52)/b7-5-,13-11-,20-18+,31-29+,39-37+. The minimum absolute atomic E-state index is 0.268. The summed E-state index contributed by atoms with van der Waals surface area (Å²) in [6, 6.07) is -1.26. The van der Waals surface area contributed by atoms with Crippen LogP contribution in [0, 0.1) is 0 Å². The lowest BCUT2D eigenvalue weighted by molar-refractivity contribution is -0.130. The van der Waals surface area contributed by atoms with Crippen molar-refractivity contribution in [3.8, 4) is 0 Å². The molecular weight excluding hydrogens is 683 g/mol. The number of unbranched alkanes of at least 4 members (excludes halogenated alkanes) is 21. The van der Waals surface area contributed by atoms with E-state index in [0.717, 1.165) is 57.8 Å². The van der Waals surface area contributed by atoms with Gasteiger partial charge in [-0.2, -0.15) is 8.42 Å². The Morgan fingerprint density at radius 3 is 1.45 bits per heavy atom. The molecule has 0 bridgehead atoms. The molecule has 0 saturated heterocycles. The number of aliphatic hydroxyl groups excluding tert-OH is 2. The molecule has 53 heavy (non-hydrogen) atoms. The van der Waals surface area contributed by atoms with Crippen LogP contribution in [0.25, 0.3) is 0 Å². The van der Waals surface area contributed by atoms with Gasteiger partial charge in [-0.15, -0.1) is 0 Å². The third-order valence-corrected chi connectivity index (χ3v) is 10.3. The second-order valence-corrected chi connectivity index (χ2v) is 16.2. The number of carbonyl (C=O) groups excluding carboxylic acids is 1. The van der Waals surface area contributed by atoms with Crippen LogP contribution in [0.2, 0.25) is 0 Å². The predicted octanol–water partition coefficient (Wildman–Crippen LogP) is 11.8. The van der Waals surface area contributed by atoms with Crippen molar-refractivity contribution < 1.29 is 28.0 Å². The summed E-state index contributed by atoms with van der Waals surface area (Å²) in [5, 5.41) is 23.4. The molecule has 0 rings (SSSR count). The monoisotopic (exact) mass is 764 g/mol. The van der Waals surface area contributed by atoms with Crippen LogP contribution < -0.4 is 5.32 Å². The zero-order valence-corrected chi connectivity index (χ0v) is 34.8. The zero-order chi connectivity index (χ0) is 39.1. The van der Waals surface area contributed by atoms with Crippen molar-refractivity contribution in [2.24, 2.45) is 0 Å². The van der Waals surface area contributed by atoms with E-state index in [9.17, 15) is 28.0 Å². The van der Waals surface area contributed by atoms with E-state index in [4.69, 9.17) is 0 Å². The van der Waals surface area contributed by atoms with Crippen LogP contribution in [0.5, 0.6) is 0 Å².